The van der Waals surface area contributed by atoms with Crippen LogP contribution in [0.15, 0.2) is 24.3 Å². The van der Waals surface area contributed by atoms with Gasteiger partial charge in [0.15, 0.2) is 0 Å². The van der Waals surface area contributed by atoms with E-state index in [0.29, 0.717) is 5.82 Å². The molecule has 1 aromatic heterocycles. The van der Waals surface area contributed by atoms with Gasteiger partial charge < -0.3 is 16.2 Å². The minimum atomic E-state index is 0.242. The van der Waals surface area contributed by atoms with Crippen molar-refractivity contribution in [3.8, 4) is 11.4 Å². The monoisotopic (exact) mass is 230 g/mol. The highest BCUT2D eigenvalue weighted by molar-refractivity contribution is 5.51. The van der Waals surface area contributed by atoms with Gasteiger partial charge in [-0.3, -0.25) is 0 Å². The zero-order valence-electron chi connectivity index (χ0n) is 9.35. The topological polar surface area (TPSA) is 76.1 Å². The highest BCUT2D eigenvalue weighted by atomic mass is 16.3. The first kappa shape index (κ1) is 10.2. The number of phenols is 1. The number of nitrogens with two attached hydrogens (primary N) is 1. The number of hydrogen-bond donors (Lipinski definition) is 3. The number of anilines is 1. The summed E-state index contributed by atoms with van der Waals surface area (Å²) in [6.45, 7) is 1.71. The minimum Gasteiger partial charge on any atom is -0.508 e. The third-order valence-corrected chi connectivity index (χ3v) is 3.04. The molecule has 2 heterocycles. The molecule has 0 radical (unpaired) electrons. The van der Waals surface area contributed by atoms with E-state index in [0.717, 1.165) is 36.5 Å². The van der Waals surface area contributed by atoms with Crippen molar-refractivity contribution in [2.45, 2.75) is 13.0 Å². The normalized spacial score (nSPS) is 14.6. The van der Waals surface area contributed by atoms with Crippen molar-refractivity contribution in [1.82, 2.24) is 15.1 Å². The van der Waals surface area contributed by atoms with Crippen LogP contribution >= 0.6 is 0 Å². The minimum absolute atomic E-state index is 0.242. The number of benzene rings is 1. The molecule has 4 N–H and O–H groups in total. The van der Waals surface area contributed by atoms with E-state index in [-0.39, 0.29) is 5.75 Å². The lowest BCUT2D eigenvalue weighted by Gasteiger charge is -2.10. The van der Waals surface area contributed by atoms with Crippen molar-refractivity contribution < 1.29 is 5.11 Å². The molecule has 0 spiro atoms. The summed E-state index contributed by atoms with van der Waals surface area (Å²) < 4.78 is 1.73. The van der Waals surface area contributed by atoms with Crippen LogP contribution in [0, 0.1) is 0 Å². The first-order valence-corrected chi connectivity index (χ1v) is 5.62. The van der Waals surface area contributed by atoms with E-state index in [2.05, 4.69) is 10.4 Å². The number of hydrogen-bond acceptors (Lipinski definition) is 4. The van der Waals surface area contributed by atoms with Gasteiger partial charge in [-0.15, -0.1) is 0 Å². The van der Waals surface area contributed by atoms with Gasteiger partial charge in [0, 0.05) is 12.1 Å². The lowest BCUT2D eigenvalue weighted by Crippen LogP contribution is -2.23. The largest absolute Gasteiger partial charge is 0.508 e. The number of phenolic OH excluding ortho intramolecular Hbond substituents is 1. The molecule has 5 nitrogen and oxygen atoms in total. The molecule has 88 valence electrons. The van der Waals surface area contributed by atoms with Crippen molar-refractivity contribution in [2.75, 3.05) is 12.3 Å². The number of aromatic nitrogens is 2. The van der Waals surface area contributed by atoms with Crippen LogP contribution in [0.2, 0.25) is 0 Å². The summed E-state index contributed by atoms with van der Waals surface area (Å²) in [6.07, 6.45) is 0.916. The van der Waals surface area contributed by atoms with E-state index in [1.165, 1.54) is 0 Å². The van der Waals surface area contributed by atoms with E-state index in [1.807, 2.05) is 0 Å². The molecular formula is C12H14N4O. The average Bonchev–Trinajstić information content (AvgIpc) is 2.69. The molecule has 1 aliphatic heterocycles. The zero-order chi connectivity index (χ0) is 11.8. The SMILES string of the molecule is Nc1c2c(nn1-c1ccc(O)cc1)CNCC2. The predicted molar refractivity (Wildman–Crippen MR) is 65.1 cm³/mol. The Labute approximate surface area is 98.9 Å². The van der Waals surface area contributed by atoms with Crippen molar-refractivity contribution in [3.63, 3.8) is 0 Å². The summed E-state index contributed by atoms with van der Waals surface area (Å²) in [5, 5.41) is 17.0. The van der Waals surface area contributed by atoms with Gasteiger partial charge in [-0.25, -0.2) is 4.68 Å². The van der Waals surface area contributed by atoms with Crippen LogP contribution < -0.4 is 11.1 Å². The van der Waals surface area contributed by atoms with Gasteiger partial charge >= 0.3 is 0 Å². The molecule has 0 aliphatic carbocycles. The van der Waals surface area contributed by atoms with E-state index in [9.17, 15) is 5.11 Å². The second kappa shape index (κ2) is 3.78. The fraction of sp³-hybridized carbons (Fsp3) is 0.250. The molecule has 0 atom stereocenters. The fourth-order valence-electron chi connectivity index (χ4n) is 2.14. The van der Waals surface area contributed by atoms with Crippen LogP contribution in [-0.4, -0.2) is 21.4 Å². The predicted octanol–water partition coefficient (Wildman–Crippen LogP) is 0.806. The van der Waals surface area contributed by atoms with Crippen LogP contribution in [0.3, 0.4) is 0 Å². The number of nitrogens with one attached hydrogen (secondary N) is 1. The van der Waals surface area contributed by atoms with Crippen molar-refractivity contribution in [1.29, 1.82) is 0 Å². The number of rotatable bonds is 1. The van der Waals surface area contributed by atoms with Crippen LogP contribution in [-0.2, 0) is 13.0 Å². The summed E-state index contributed by atoms with van der Waals surface area (Å²) in [6, 6.07) is 6.87. The molecule has 0 saturated carbocycles. The van der Waals surface area contributed by atoms with E-state index >= 15 is 0 Å². The molecule has 1 aliphatic rings. The Morgan fingerprint density at radius 2 is 2.06 bits per heavy atom. The number of aromatic hydroxyl groups is 1. The fourth-order valence-corrected chi connectivity index (χ4v) is 2.14. The van der Waals surface area contributed by atoms with Gasteiger partial charge in [0.2, 0.25) is 0 Å². The Hall–Kier alpha value is -2.01. The molecule has 17 heavy (non-hydrogen) atoms. The maximum absolute atomic E-state index is 9.26. The maximum atomic E-state index is 9.26. The van der Waals surface area contributed by atoms with Gasteiger partial charge in [-0.05, 0) is 37.2 Å². The first-order chi connectivity index (χ1) is 8.25. The van der Waals surface area contributed by atoms with Crippen LogP contribution in [0.5, 0.6) is 5.75 Å². The van der Waals surface area contributed by atoms with Crippen molar-refractivity contribution in [3.05, 3.63) is 35.5 Å². The van der Waals surface area contributed by atoms with E-state index < -0.39 is 0 Å². The highest BCUT2D eigenvalue weighted by Gasteiger charge is 2.18. The van der Waals surface area contributed by atoms with Crippen molar-refractivity contribution >= 4 is 5.82 Å². The highest BCUT2D eigenvalue weighted by Crippen LogP contribution is 2.24. The first-order valence-electron chi connectivity index (χ1n) is 5.62. The van der Waals surface area contributed by atoms with Gasteiger partial charge in [0.25, 0.3) is 0 Å². The van der Waals surface area contributed by atoms with Crippen LogP contribution in [0.1, 0.15) is 11.3 Å². The second-order valence-corrected chi connectivity index (χ2v) is 4.17. The average molecular weight is 230 g/mol. The Morgan fingerprint density at radius 1 is 1.29 bits per heavy atom. The van der Waals surface area contributed by atoms with Gasteiger partial charge in [-0.2, -0.15) is 5.10 Å². The molecule has 1 aromatic carbocycles. The number of nitrogens with zero attached hydrogens (tertiary/aromatic N) is 2. The molecule has 0 saturated heterocycles. The second-order valence-electron chi connectivity index (χ2n) is 4.17. The standard InChI is InChI=1S/C12H14N4O/c13-12-10-5-6-14-7-11(10)15-16(12)8-1-3-9(17)4-2-8/h1-4,14,17H,5-7,13H2. The van der Waals surface area contributed by atoms with E-state index in [4.69, 9.17) is 5.73 Å². The van der Waals surface area contributed by atoms with Crippen molar-refractivity contribution in [2.24, 2.45) is 0 Å². The Bertz CT molecular complexity index is 544. The lowest BCUT2D eigenvalue weighted by atomic mass is 10.1. The molecule has 2 aromatic rings. The molecule has 0 fully saturated rings. The summed E-state index contributed by atoms with van der Waals surface area (Å²) >= 11 is 0. The molecular weight excluding hydrogens is 216 g/mol. The molecule has 3 rings (SSSR count). The number of fused-ring (bicyclic) bond motifs is 1. The Balaban J connectivity index is 2.09. The van der Waals surface area contributed by atoms with E-state index in [1.54, 1.807) is 28.9 Å². The molecule has 5 heteroatoms. The summed E-state index contributed by atoms with van der Waals surface area (Å²) in [5.74, 6) is 0.943. The van der Waals surface area contributed by atoms with Gasteiger partial charge in [0.1, 0.15) is 11.6 Å². The number of nitrogen functional groups attached to an aromatic ring is 1. The lowest BCUT2D eigenvalue weighted by molar-refractivity contribution is 0.475. The van der Waals surface area contributed by atoms with Gasteiger partial charge in [0.05, 0.1) is 11.4 Å². The summed E-state index contributed by atoms with van der Waals surface area (Å²) in [7, 11) is 0. The molecule has 0 bridgehead atoms. The summed E-state index contributed by atoms with van der Waals surface area (Å²) in [4.78, 5) is 0. The van der Waals surface area contributed by atoms with Crippen LogP contribution in [0.4, 0.5) is 5.82 Å². The Kier molecular flexibility index (Phi) is 2.26. The Morgan fingerprint density at radius 3 is 2.76 bits per heavy atom. The molecule has 0 amide bonds. The zero-order valence-corrected chi connectivity index (χ0v) is 9.35. The third kappa shape index (κ3) is 1.64. The summed E-state index contributed by atoms with van der Waals surface area (Å²) in [5.41, 5.74) is 9.13. The maximum Gasteiger partial charge on any atom is 0.130 e. The third-order valence-electron chi connectivity index (χ3n) is 3.04. The van der Waals surface area contributed by atoms with Gasteiger partial charge in [-0.1, -0.05) is 0 Å². The quantitative estimate of drug-likeness (QED) is 0.677. The smallest absolute Gasteiger partial charge is 0.130 e. The van der Waals surface area contributed by atoms with Crippen LogP contribution in [0.25, 0.3) is 5.69 Å². The molecule has 0 unspecified atom stereocenters.